The van der Waals surface area contributed by atoms with Crippen LogP contribution >= 0.6 is 0 Å². The monoisotopic (exact) mass is 408 g/mol. The summed E-state index contributed by atoms with van der Waals surface area (Å²) in [4.78, 5) is 12.8. The van der Waals surface area contributed by atoms with Crippen molar-refractivity contribution in [3.05, 3.63) is 41.6 Å². The Kier molecular flexibility index (Phi) is 4.92. The van der Waals surface area contributed by atoms with Crippen molar-refractivity contribution in [2.45, 2.75) is 51.0 Å². The fourth-order valence-electron chi connectivity index (χ4n) is 3.88. The second-order valence-corrected chi connectivity index (χ2v) is 7.85. The normalized spacial score (nSPS) is 23.6. The van der Waals surface area contributed by atoms with Crippen molar-refractivity contribution < 1.29 is 22.7 Å². The van der Waals surface area contributed by atoms with Crippen molar-refractivity contribution in [1.82, 2.24) is 15.1 Å². The van der Waals surface area contributed by atoms with Gasteiger partial charge in [-0.3, -0.25) is 4.79 Å². The van der Waals surface area contributed by atoms with Crippen LogP contribution in [0.4, 0.5) is 19.0 Å². The third-order valence-corrected chi connectivity index (χ3v) is 5.52. The van der Waals surface area contributed by atoms with Crippen LogP contribution in [0.5, 0.6) is 5.75 Å². The van der Waals surface area contributed by atoms with Gasteiger partial charge in [0.1, 0.15) is 11.6 Å². The van der Waals surface area contributed by atoms with E-state index in [1.165, 1.54) is 6.07 Å². The summed E-state index contributed by atoms with van der Waals surface area (Å²) in [6.45, 7) is 4.19. The summed E-state index contributed by atoms with van der Waals surface area (Å²) >= 11 is 0. The second kappa shape index (κ2) is 7.27. The molecule has 0 saturated carbocycles. The van der Waals surface area contributed by atoms with Crippen molar-refractivity contribution in [2.75, 3.05) is 11.9 Å². The highest BCUT2D eigenvalue weighted by Gasteiger charge is 2.47. The minimum atomic E-state index is -4.44. The van der Waals surface area contributed by atoms with E-state index in [2.05, 4.69) is 15.7 Å². The zero-order valence-corrected chi connectivity index (χ0v) is 16.2. The van der Waals surface area contributed by atoms with Gasteiger partial charge in [0.25, 0.3) is 5.91 Å². The number of hydrogen-bond acceptors (Lipinski definition) is 4. The first kappa shape index (κ1) is 19.6. The van der Waals surface area contributed by atoms with E-state index in [9.17, 15) is 18.0 Å². The fraction of sp³-hybridized carbons (Fsp3) is 0.500. The number of para-hydroxylation sites is 1. The first-order valence-corrected chi connectivity index (χ1v) is 9.69. The Balaban J connectivity index is 1.59. The highest BCUT2D eigenvalue weighted by molar-refractivity contribution is 5.93. The average Bonchev–Trinajstić information content (AvgIpc) is 3.11. The number of amides is 1. The van der Waals surface area contributed by atoms with E-state index >= 15 is 0 Å². The van der Waals surface area contributed by atoms with E-state index in [0.29, 0.717) is 18.8 Å². The van der Waals surface area contributed by atoms with Gasteiger partial charge in [0, 0.05) is 24.1 Å². The van der Waals surface area contributed by atoms with Crippen LogP contribution in [-0.2, 0) is 0 Å². The topological polar surface area (TPSA) is 68.2 Å². The molecule has 0 radical (unpaired) electrons. The van der Waals surface area contributed by atoms with Crippen molar-refractivity contribution >= 4 is 11.7 Å². The predicted molar refractivity (Wildman–Crippen MR) is 101 cm³/mol. The van der Waals surface area contributed by atoms with Crippen LogP contribution in [-0.4, -0.2) is 34.5 Å². The van der Waals surface area contributed by atoms with Crippen LogP contribution in [0.2, 0.25) is 0 Å². The predicted octanol–water partition coefficient (Wildman–Crippen LogP) is 4.08. The molecule has 29 heavy (non-hydrogen) atoms. The molecular weight excluding hydrogens is 385 g/mol. The number of carbonyl (C=O) groups is 1. The van der Waals surface area contributed by atoms with Crippen LogP contribution in [0.1, 0.15) is 54.8 Å². The van der Waals surface area contributed by atoms with E-state index in [0.717, 1.165) is 10.2 Å². The van der Waals surface area contributed by atoms with Gasteiger partial charge in [0.05, 0.1) is 12.6 Å². The Labute approximate surface area is 166 Å². The number of nitrogens with one attached hydrogen (secondary N) is 2. The molecule has 3 atom stereocenters. The number of alkyl halides is 3. The quantitative estimate of drug-likeness (QED) is 0.803. The molecule has 1 aromatic heterocycles. The summed E-state index contributed by atoms with van der Waals surface area (Å²) in [5.74, 6) is 0.429. The summed E-state index contributed by atoms with van der Waals surface area (Å²) in [5, 5.41) is 9.98. The SMILES string of the molecule is CC(C)[C@@H]1C[C@@H](C(F)(F)F)n2nc(C(=O)N[C@H]3CCOc4ccccc43)cc2N1. The molecule has 0 fully saturated rings. The fourth-order valence-corrected chi connectivity index (χ4v) is 3.88. The van der Waals surface area contributed by atoms with Gasteiger partial charge < -0.3 is 15.4 Å². The average molecular weight is 408 g/mol. The van der Waals surface area contributed by atoms with Gasteiger partial charge in [-0.05, 0) is 18.4 Å². The molecule has 9 heteroatoms. The van der Waals surface area contributed by atoms with Gasteiger partial charge in [-0.15, -0.1) is 0 Å². The maximum absolute atomic E-state index is 13.6. The standard InChI is InChI=1S/C20H23F3N4O2/c1-11(2)14-9-17(20(21,22)23)27-18(24-14)10-15(26-27)19(28)25-13-7-8-29-16-6-4-3-5-12(13)16/h3-6,10-11,13-14,17,24H,7-9H2,1-2H3,(H,25,28)/t13-,14-,17-/m0/s1. The molecule has 156 valence electrons. The smallest absolute Gasteiger partial charge is 0.410 e. The van der Waals surface area contributed by atoms with Crippen LogP contribution in [0.25, 0.3) is 0 Å². The maximum Gasteiger partial charge on any atom is 0.410 e. The molecule has 2 aromatic rings. The number of benzene rings is 1. The molecule has 0 unspecified atom stereocenters. The number of anilines is 1. The first-order chi connectivity index (χ1) is 13.7. The van der Waals surface area contributed by atoms with Gasteiger partial charge in [-0.25, -0.2) is 4.68 Å². The van der Waals surface area contributed by atoms with E-state index < -0.39 is 18.1 Å². The number of fused-ring (bicyclic) bond motifs is 2. The van der Waals surface area contributed by atoms with E-state index in [1.54, 1.807) is 0 Å². The number of rotatable bonds is 3. The Morgan fingerprint density at radius 3 is 2.83 bits per heavy atom. The summed E-state index contributed by atoms with van der Waals surface area (Å²) < 4.78 is 47.3. The number of hydrogen-bond donors (Lipinski definition) is 2. The lowest BCUT2D eigenvalue weighted by atomic mass is 9.94. The lowest BCUT2D eigenvalue weighted by molar-refractivity contribution is -0.174. The Hall–Kier alpha value is -2.71. The van der Waals surface area contributed by atoms with Crippen molar-refractivity contribution in [1.29, 1.82) is 0 Å². The summed E-state index contributed by atoms with van der Waals surface area (Å²) in [7, 11) is 0. The molecule has 0 spiro atoms. The molecule has 2 N–H and O–H groups in total. The summed E-state index contributed by atoms with van der Waals surface area (Å²) in [5.41, 5.74) is 0.817. The number of nitrogens with zero attached hydrogens (tertiary/aromatic N) is 2. The molecule has 2 aliphatic heterocycles. The Bertz CT molecular complexity index is 909. The molecule has 2 aliphatic rings. The second-order valence-electron chi connectivity index (χ2n) is 7.85. The molecule has 1 amide bonds. The Morgan fingerprint density at radius 2 is 2.10 bits per heavy atom. The third kappa shape index (κ3) is 3.77. The molecule has 0 saturated heterocycles. The summed E-state index contributed by atoms with van der Waals surface area (Å²) in [6.07, 6.45) is -3.98. The largest absolute Gasteiger partial charge is 0.493 e. The van der Waals surface area contributed by atoms with Crippen molar-refractivity contribution in [3.63, 3.8) is 0 Å². The highest BCUT2D eigenvalue weighted by atomic mass is 19.4. The van der Waals surface area contributed by atoms with Gasteiger partial charge >= 0.3 is 6.18 Å². The van der Waals surface area contributed by atoms with Gasteiger partial charge in [-0.1, -0.05) is 32.0 Å². The van der Waals surface area contributed by atoms with Gasteiger partial charge in [0.2, 0.25) is 0 Å². The van der Waals surface area contributed by atoms with Crippen molar-refractivity contribution in [2.24, 2.45) is 5.92 Å². The highest BCUT2D eigenvalue weighted by Crippen LogP contribution is 2.41. The van der Waals surface area contributed by atoms with Crippen LogP contribution in [0.3, 0.4) is 0 Å². The maximum atomic E-state index is 13.6. The minimum absolute atomic E-state index is 0.0134. The number of carbonyl (C=O) groups excluding carboxylic acids is 1. The molecule has 0 bridgehead atoms. The van der Waals surface area contributed by atoms with Gasteiger partial charge in [0.15, 0.2) is 11.7 Å². The molecule has 3 heterocycles. The van der Waals surface area contributed by atoms with E-state index in [-0.39, 0.29) is 35.9 Å². The molecule has 0 aliphatic carbocycles. The molecule has 6 nitrogen and oxygen atoms in total. The zero-order valence-electron chi connectivity index (χ0n) is 16.2. The van der Waals surface area contributed by atoms with Crippen molar-refractivity contribution in [3.8, 4) is 5.75 Å². The van der Waals surface area contributed by atoms with Crippen LogP contribution in [0, 0.1) is 5.92 Å². The van der Waals surface area contributed by atoms with Crippen LogP contribution in [0.15, 0.2) is 30.3 Å². The number of ether oxygens (including phenoxy) is 1. The molecule has 4 rings (SSSR count). The van der Waals surface area contributed by atoms with E-state index in [4.69, 9.17) is 4.74 Å². The number of halogens is 3. The third-order valence-electron chi connectivity index (χ3n) is 5.52. The summed E-state index contributed by atoms with van der Waals surface area (Å²) in [6, 6.07) is 6.42. The van der Waals surface area contributed by atoms with Crippen LogP contribution < -0.4 is 15.4 Å². The lowest BCUT2D eigenvalue weighted by Crippen LogP contribution is -2.41. The molecular formula is C20H23F3N4O2. The zero-order chi connectivity index (χ0) is 20.8. The van der Waals surface area contributed by atoms with Gasteiger partial charge in [-0.2, -0.15) is 18.3 Å². The lowest BCUT2D eigenvalue weighted by Gasteiger charge is -2.35. The number of aromatic nitrogens is 2. The molecule has 1 aromatic carbocycles. The first-order valence-electron chi connectivity index (χ1n) is 9.69. The van der Waals surface area contributed by atoms with E-state index in [1.807, 2.05) is 38.1 Å². The minimum Gasteiger partial charge on any atom is -0.493 e. The Morgan fingerprint density at radius 1 is 1.34 bits per heavy atom.